The third-order valence-electron chi connectivity index (χ3n) is 13.6. The lowest BCUT2D eigenvalue weighted by Crippen LogP contribution is -2.10. The Hall–Kier alpha value is -9.50. The molecule has 2 heteroatoms. The van der Waals surface area contributed by atoms with Crippen LogP contribution in [0.3, 0.4) is 0 Å². The quantitative estimate of drug-likeness (QED) is 0.113. The van der Waals surface area contributed by atoms with Crippen molar-refractivity contribution in [1.29, 1.82) is 0 Å². The third-order valence-corrected chi connectivity index (χ3v) is 13.6. The van der Waals surface area contributed by atoms with Crippen LogP contribution in [-0.4, -0.2) is 0 Å². The molecule has 0 saturated carbocycles. The molecule has 0 amide bonds. The van der Waals surface area contributed by atoms with Crippen LogP contribution in [0.1, 0.15) is 22.3 Å². The van der Waals surface area contributed by atoms with Crippen LogP contribution in [0, 0.1) is 0 Å². The first-order valence-electron chi connectivity index (χ1n) is 24.7. The first-order chi connectivity index (χ1) is 35.7. The van der Waals surface area contributed by atoms with Gasteiger partial charge >= 0.3 is 0 Å². The Kier molecular flexibility index (Phi) is 12.1. The van der Waals surface area contributed by atoms with Crippen LogP contribution < -0.4 is 9.80 Å². The number of rotatable bonds is 12. The molecule has 12 rings (SSSR count). The van der Waals surface area contributed by atoms with Crippen molar-refractivity contribution >= 4 is 66.8 Å². The van der Waals surface area contributed by atoms with Gasteiger partial charge in [0.2, 0.25) is 0 Å². The maximum Gasteiger partial charge on any atom is 0.0468 e. The van der Waals surface area contributed by atoms with Crippen LogP contribution in [0.4, 0.5) is 34.1 Å². The fourth-order valence-corrected chi connectivity index (χ4v) is 10.1. The molecule has 0 spiro atoms. The Labute approximate surface area is 422 Å². The lowest BCUT2D eigenvalue weighted by atomic mass is 9.85. The Morgan fingerprint density at radius 2 is 0.472 bits per heavy atom. The molecular weight excluding hydrogens is 869 g/mol. The van der Waals surface area contributed by atoms with Gasteiger partial charge in [-0.2, -0.15) is 0 Å². The standard InChI is InChI=1S/C70H50N2/c1-5-19-51(20-6-1)61-31-17-33-65(47-61)71(67-45-35-53-23-13-15-29-59(53)49-67)63-41-37-57(38-42-63)69(55-25-9-3-10-26-55)70(56-27-11-4-12-28-56)58-39-43-64(44-40-58)72(68-46-36-54-24-14-16-30-60(54)50-68)66-34-18-32-62(48-66)52-21-7-2-8-22-52/h1-50H. The lowest BCUT2D eigenvalue weighted by molar-refractivity contribution is 1.28. The zero-order chi connectivity index (χ0) is 48.1. The fourth-order valence-electron chi connectivity index (χ4n) is 10.1. The van der Waals surface area contributed by atoms with E-state index in [9.17, 15) is 0 Å². The Morgan fingerprint density at radius 1 is 0.181 bits per heavy atom. The SMILES string of the molecule is c1ccc(C(=C(c2ccccc2)c2ccc(N(c3cccc(-c4ccccc4)c3)c3ccc4ccccc4c3)cc2)c2ccc(N(c3cccc(-c4ccccc4)c3)c3ccc4ccccc4c3)cc2)cc1. The van der Waals surface area contributed by atoms with Gasteiger partial charge in [0, 0.05) is 34.1 Å². The lowest BCUT2D eigenvalue weighted by Gasteiger charge is -2.27. The summed E-state index contributed by atoms with van der Waals surface area (Å²) in [4.78, 5) is 4.75. The zero-order valence-electron chi connectivity index (χ0n) is 39.8. The Balaban J connectivity index is 0.998. The second kappa shape index (κ2) is 19.8. The molecule has 0 saturated heterocycles. The molecule has 0 aliphatic rings. The Bertz CT molecular complexity index is 3570. The van der Waals surface area contributed by atoms with Crippen molar-refractivity contribution in [2.24, 2.45) is 0 Å². The minimum atomic E-state index is 1.07. The molecule has 72 heavy (non-hydrogen) atoms. The molecule has 0 unspecified atom stereocenters. The zero-order valence-corrected chi connectivity index (χ0v) is 39.8. The van der Waals surface area contributed by atoms with Gasteiger partial charge in [0.1, 0.15) is 0 Å². The van der Waals surface area contributed by atoms with E-state index in [0.717, 1.165) is 67.5 Å². The maximum absolute atomic E-state index is 2.38. The fraction of sp³-hybridized carbons (Fsp3) is 0. The van der Waals surface area contributed by atoms with Crippen molar-refractivity contribution in [2.75, 3.05) is 9.80 Å². The van der Waals surface area contributed by atoms with E-state index in [0.29, 0.717) is 0 Å². The highest BCUT2D eigenvalue weighted by Crippen LogP contribution is 2.43. The van der Waals surface area contributed by atoms with Gasteiger partial charge in [-0.3, -0.25) is 0 Å². The predicted molar refractivity (Wildman–Crippen MR) is 306 cm³/mol. The van der Waals surface area contributed by atoms with E-state index >= 15 is 0 Å². The first-order valence-corrected chi connectivity index (χ1v) is 24.7. The molecule has 0 heterocycles. The summed E-state index contributed by atoms with van der Waals surface area (Å²) in [5.74, 6) is 0. The number of anilines is 6. The Morgan fingerprint density at radius 3 is 0.861 bits per heavy atom. The third kappa shape index (κ3) is 8.97. The second-order valence-corrected chi connectivity index (χ2v) is 18.1. The average Bonchev–Trinajstić information content (AvgIpc) is 3.46. The number of fused-ring (bicyclic) bond motifs is 2. The first kappa shape index (κ1) is 43.8. The number of hydrogen-bond acceptors (Lipinski definition) is 2. The normalized spacial score (nSPS) is 11.6. The highest BCUT2D eigenvalue weighted by Gasteiger charge is 2.21. The van der Waals surface area contributed by atoms with E-state index in [4.69, 9.17) is 0 Å². The van der Waals surface area contributed by atoms with Gasteiger partial charge in [-0.25, -0.2) is 0 Å². The summed E-state index contributed by atoms with van der Waals surface area (Å²) in [5, 5.41) is 4.83. The summed E-state index contributed by atoms with van der Waals surface area (Å²) in [5.41, 5.74) is 18.1. The largest absolute Gasteiger partial charge is 0.310 e. The topological polar surface area (TPSA) is 6.48 Å². The van der Waals surface area contributed by atoms with Crippen molar-refractivity contribution in [3.63, 3.8) is 0 Å². The van der Waals surface area contributed by atoms with E-state index in [1.807, 2.05) is 0 Å². The van der Waals surface area contributed by atoms with Crippen LogP contribution in [0.25, 0.3) is 54.9 Å². The molecule has 0 aromatic heterocycles. The van der Waals surface area contributed by atoms with Gasteiger partial charge < -0.3 is 9.80 Å². The molecule has 0 bridgehead atoms. The van der Waals surface area contributed by atoms with Crippen molar-refractivity contribution in [3.05, 3.63) is 326 Å². The second-order valence-electron chi connectivity index (χ2n) is 18.1. The minimum Gasteiger partial charge on any atom is -0.310 e. The molecule has 0 atom stereocenters. The molecular formula is C70H50N2. The van der Waals surface area contributed by atoms with Crippen molar-refractivity contribution < 1.29 is 0 Å². The molecule has 340 valence electrons. The predicted octanol–water partition coefficient (Wildman–Crippen LogP) is 19.3. The van der Waals surface area contributed by atoms with Gasteiger partial charge in [-0.1, -0.05) is 231 Å². The van der Waals surface area contributed by atoms with Crippen LogP contribution in [0.5, 0.6) is 0 Å². The molecule has 2 nitrogen and oxygen atoms in total. The molecule has 0 N–H and O–H groups in total. The van der Waals surface area contributed by atoms with E-state index in [-0.39, 0.29) is 0 Å². The number of benzene rings is 12. The maximum atomic E-state index is 2.38. The molecule has 0 radical (unpaired) electrons. The monoisotopic (exact) mass is 918 g/mol. The highest BCUT2D eigenvalue weighted by molar-refractivity contribution is 6.05. The molecule has 0 fully saturated rings. The van der Waals surface area contributed by atoms with Gasteiger partial charge in [-0.05, 0) is 150 Å². The summed E-state index contributed by atoms with van der Waals surface area (Å²) < 4.78 is 0. The van der Waals surface area contributed by atoms with Crippen molar-refractivity contribution in [3.8, 4) is 22.3 Å². The smallest absolute Gasteiger partial charge is 0.0468 e. The summed E-state index contributed by atoms with van der Waals surface area (Å²) >= 11 is 0. The van der Waals surface area contributed by atoms with E-state index in [1.165, 1.54) is 43.8 Å². The molecule has 0 aliphatic carbocycles. The van der Waals surface area contributed by atoms with Crippen molar-refractivity contribution in [2.45, 2.75) is 0 Å². The van der Waals surface area contributed by atoms with Crippen LogP contribution in [-0.2, 0) is 0 Å². The van der Waals surface area contributed by atoms with Crippen LogP contribution in [0.15, 0.2) is 303 Å². The van der Waals surface area contributed by atoms with E-state index < -0.39 is 0 Å². The molecule has 12 aromatic carbocycles. The van der Waals surface area contributed by atoms with Gasteiger partial charge in [0.05, 0.1) is 0 Å². The van der Waals surface area contributed by atoms with E-state index in [2.05, 4.69) is 313 Å². The summed E-state index contributed by atoms with van der Waals surface area (Å²) in [6.45, 7) is 0. The summed E-state index contributed by atoms with van der Waals surface area (Å²) in [6.07, 6.45) is 0. The van der Waals surface area contributed by atoms with Crippen LogP contribution >= 0.6 is 0 Å². The van der Waals surface area contributed by atoms with Gasteiger partial charge in [0.15, 0.2) is 0 Å². The van der Waals surface area contributed by atoms with E-state index in [1.54, 1.807) is 0 Å². The van der Waals surface area contributed by atoms with Gasteiger partial charge in [-0.15, -0.1) is 0 Å². The van der Waals surface area contributed by atoms with Gasteiger partial charge in [0.25, 0.3) is 0 Å². The summed E-state index contributed by atoms with van der Waals surface area (Å²) in [7, 11) is 0. The number of hydrogen-bond donors (Lipinski definition) is 0. The summed E-state index contributed by atoms with van der Waals surface area (Å²) in [6, 6.07) is 110. The number of nitrogens with zero attached hydrogens (tertiary/aromatic N) is 2. The van der Waals surface area contributed by atoms with Crippen molar-refractivity contribution in [1.82, 2.24) is 0 Å². The minimum absolute atomic E-state index is 1.07. The average molecular weight is 919 g/mol. The highest BCUT2D eigenvalue weighted by atomic mass is 15.1. The molecule has 0 aliphatic heterocycles. The molecule has 12 aromatic rings. The van der Waals surface area contributed by atoms with Crippen LogP contribution in [0.2, 0.25) is 0 Å².